The maximum atomic E-state index is 9.47. The summed E-state index contributed by atoms with van der Waals surface area (Å²) in [7, 11) is 0. The second-order valence-corrected chi connectivity index (χ2v) is 24.4. The normalized spacial score (nSPS) is 15.3. The van der Waals surface area contributed by atoms with Crippen LogP contribution in [0.15, 0.2) is 146 Å². The average Bonchev–Trinajstić information content (AvgIpc) is 4.00. The fourth-order valence-corrected chi connectivity index (χ4v) is 10.5. The summed E-state index contributed by atoms with van der Waals surface area (Å²) in [5.41, 5.74) is 13.4. The van der Waals surface area contributed by atoms with Gasteiger partial charge < -0.3 is 19.1 Å². The summed E-state index contributed by atoms with van der Waals surface area (Å²) in [5, 5.41) is 2.38. The Bertz CT molecular complexity index is 3860. The number of benzene rings is 7. The van der Waals surface area contributed by atoms with Gasteiger partial charge in [0.1, 0.15) is 5.82 Å². The van der Waals surface area contributed by atoms with Crippen molar-refractivity contribution in [1.82, 2.24) is 9.55 Å². The Kier molecular flexibility index (Phi) is 10.6. The predicted molar refractivity (Wildman–Crippen MR) is 302 cm³/mol. The minimum atomic E-state index is -0.434. The summed E-state index contributed by atoms with van der Waals surface area (Å²) in [5.74, 6) is 1.90. The third kappa shape index (κ3) is 8.70. The number of rotatable bonds is 7. The number of anilines is 4. The van der Waals surface area contributed by atoms with Crippen LogP contribution >= 0.6 is 0 Å². The summed E-state index contributed by atoms with van der Waals surface area (Å²) in [6.07, 6.45) is 1.90. The van der Waals surface area contributed by atoms with E-state index in [0.717, 1.165) is 55.9 Å². The summed E-state index contributed by atoms with van der Waals surface area (Å²) in [4.78, 5) is 9.15. The van der Waals surface area contributed by atoms with Crippen LogP contribution in [-0.4, -0.2) is 9.55 Å². The van der Waals surface area contributed by atoms with Crippen LogP contribution in [0.4, 0.5) is 22.7 Å². The third-order valence-corrected chi connectivity index (χ3v) is 14.8. The van der Waals surface area contributed by atoms with Gasteiger partial charge in [0.15, 0.2) is 0 Å². The van der Waals surface area contributed by atoms with E-state index in [1.165, 1.54) is 27.6 Å². The van der Waals surface area contributed by atoms with Crippen molar-refractivity contribution in [3.8, 4) is 39.6 Å². The van der Waals surface area contributed by atoms with Crippen molar-refractivity contribution in [2.45, 2.75) is 124 Å². The van der Waals surface area contributed by atoms with Crippen LogP contribution in [0.1, 0.15) is 137 Å². The predicted octanol–water partition coefficient (Wildman–Crippen LogP) is 18.1. The van der Waals surface area contributed by atoms with Crippen LogP contribution in [0.25, 0.3) is 49.9 Å². The minimum Gasteiger partial charge on any atom is -0.509 e. The molecule has 0 unspecified atom stereocenters. The molecule has 0 saturated heterocycles. The number of pyridine rings is 1. The zero-order valence-electron chi connectivity index (χ0n) is 49.6. The van der Waals surface area contributed by atoms with Crippen molar-refractivity contribution >= 4 is 44.6 Å². The number of fused-ring (bicyclic) bond motifs is 1. The van der Waals surface area contributed by atoms with Crippen molar-refractivity contribution in [2.75, 3.05) is 9.80 Å². The minimum absolute atomic E-state index is 0. The first-order chi connectivity index (χ1) is 36.0. The van der Waals surface area contributed by atoms with E-state index < -0.39 is 6.04 Å². The van der Waals surface area contributed by atoms with Crippen LogP contribution in [0.5, 0.6) is 11.5 Å². The summed E-state index contributed by atoms with van der Waals surface area (Å²) >= 11 is 0. The first-order valence-electron chi connectivity index (χ1n) is 27.7. The molecule has 7 aromatic carbocycles. The van der Waals surface area contributed by atoms with Crippen molar-refractivity contribution in [2.24, 2.45) is 0 Å². The second-order valence-electron chi connectivity index (χ2n) is 24.4. The number of aromatic nitrogens is 2. The molecular weight excluding hydrogens is 1070 g/mol. The topological polar surface area (TPSA) is 33.5 Å². The van der Waals surface area contributed by atoms with Crippen molar-refractivity contribution in [3.05, 3.63) is 198 Å². The quantitative estimate of drug-likeness (QED) is 0.149. The molecule has 1 aliphatic carbocycles. The molecule has 0 radical (unpaired) electrons. The van der Waals surface area contributed by atoms with Crippen LogP contribution in [0, 0.1) is 18.8 Å². The molecule has 0 fully saturated rings. The number of para-hydroxylation sites is 2. The van der Waals surface area contributed by atoms with E-state index >= 15 is 0 Å². The summed E-state index contributed by atoms with van der Waals surface area (Å²) < 4.78 is 54.6. The van der Waals surface area contributed by atoms with E-state index in [0.29, 0.717) is 28.4 Å². The number of ether oxygens (including phenoxy) is 1. The van der Waals surface area contributed by atoms with E-state index in [9.17, 15) is 2.74 Å². The number of nitrogens with zero attached hydrogens (tertiary/aromatic N) is 4. The van der Waals surface area contributed by atoms with Gasteiger partial charge in [-0.3, -0.25) is 0 Å². The fraction of sp³-hybridized carbons (Fsp3) is 0.284. The van der Waals surface area contributed by atoms with E-state index in [1.807, 2.05) is 49.3 Å². The molecule has 2 aliphatic rings. The van der Waals surface area contributed by atoms with Crippen LogP contribution < -0.4 is 14.5 Å². The van der Waals surface area contributed by atoms with Gasteiger partial charge in [-0.25, -0.2) is 4.98 Å². The summed E-state index contributed by atoms with van der Waals surface area (Å²) in [6, 6.07) is 43.7. The van der Waals surface area contributed by atoms with Gasteiger partial charge in [0.25, 0.3) is 0 Å². The maximum Gasteiger partial charge on any atom is 0.135 e. The molecule has 3 heterocycles. The Morgan fingerprint density at radius 2 is 1.16 bits per heavy atom. The molecule has 0 bridgehead atoms. The second kappa shape index (κ2) is 17.6. The SMILES string of the molecule is [2H]c1c([2H])c([2H])c(-c2cc(C(C)(C)C)cc(-c3cc(C(C)(C)C)cc(C(C)(C)C)c3)c2N2[CH-]N(c3[c-]c(Oc4[c-]c5c6c(c4)C(C)(C)c4cccc(c46)n5-c4cc(C(C)(C)C)ccn4)ccc3)c3ccccc32)c([2H])c1[2H].[Pt]. The van der Waals surface area contributed by atoms with Gasteiger partial charge in [-0.2, -0.15) is 6.07 Å². The van der Waals surface area contributed by atoms with Gasteiger partial charge in [0.05, 0.1) is 6.85 Å². The van der Waals surface area contributed by atoms with Gasteiger partial charge in [-0.15, -0.1) is 48.3 Å². The molecule has 374 valence electrons. The molecule has 6 heteroatoms. The molecule has 1 aliphatic heterocycles. The standard InChI is InChI=1S/C67H67N4O.Pt/c1-63(2,3)44-30-31-68-59(37-44)71-57-29-21-26-53-60(57)61-54(67(53,13)14)39-50(40-58(61)71)72-49-25-20-24-48(38-49)69-41-70(56-28-19-18-27-55(56)69)62-51(42-22-16-15-17-23-42)35-47(66(10,11)12)36-52(62)43-32-45(64(4,5)6)34-46(33-43)65(7,8)9;/h15-37,39,41H,1-14H3;/q-3;/i15D,16D,17D,22D,23D;. The largest absolute Gasteiger partial charge is 0.509 e. The van der Waals surface area contributed by atoms with Crippen LogP contribution in [0.3, 0.4) is 0 Å². The van der Waals surface area contributed by atoms with Gasteiger partial charge in [0, 0.05) is 72.5 Å². The van der Waals surface area contributed by atoms with Gasteiger partial charge in [0.2, 0.25) is 0 Å². The van der Waals surface area contributed by atoms with E-state index in [2.05, 4.69) is 196 Å². The van der Waals surface area contributed by atoms with Crippen molar-refractivity contribution < 1.29 is 32.7 Å². The molecule has 2 aromatic heterocycles. The van der Waals surface area contributed by atoms with Gasteiger partial charge >= 0.3 is 0 Å². The van der Waals surface area contributed by atoms with Gasteiger partial charge in [-0.1, -0.05) is 181 Å². The Labute approximate surface area is 455 Å². The molecule has 0 N–H and O–H groups in total. The molecule has 0 amide bonds. The third-order valence-electron chi connectivity index (χ3n) is 14.8. The molecule has 11 rings (SSSR count). The van der Waals surface area contributed by atoms with E-state index in [4.69, 9.17) is 13.8 Å². The molecule has 9 aromatic rings. The molecule has 0 spiro atoms. The Morgan fingerprint density at radius 1 is 0.562 bits per heavy atom. The van der Waals surface area contributed by atoms with E-state index in [1.54, 1.807) is 0 Å². The monoisotopic (exact) mass is 1140 g/mol. The maximum absolute atomic E-state index is 9.47. The molecular formula is C67H67N4OPt-3. The molecule has 0 atom stereocenters. The average molecular weight is 1140 g/mol. The zero-order valence-corrected chi connectivity index (χ0v) is 46.8. The zero-order chi connectivity index (χ0) is 55.2. The Morgan fingerprint density at radius 3 is 1.81 bits per heavy atom. The van der Waals surface area contributed by atoms with E-state index in [-0.39, 0.29) is 77.9 Å². The van der Waals surface area contributed by atoms with Crippen LogP contribution in [0.2, 0.25) is 0 Å². The van der Waals surface area contributed by atoms with Crippen molar-refractivity contribution in [3.63, 3.8) is 0 Å². The molecule has 5 nitrogen and oxygen atoms in total. The smallest absolute Gasteiger partial charge is 0.135 e. The van der Waals surface area contributed by atoms with Gasteiger partial charge in [-0.05, 0) is 114 Å². The first kappa shape index (κ1) is 44.1. The molecule has 73 heavy (non-hydrogen) atoms. The fourth-order valence-electron chi connectivity index (χ4n) is 10.5. The Hall–Kier alpha value is -6.42. The Balaban J connectivity index is 0.00000688. The van der Waals surface area contributed by atoms with Crippen molar-refractivity contribution in [1.29, 1.82) is 0 Å². The molecule has 0 saturated carbocycles. The number of hydrogen-bond acceptors (Lipinski definition) is 4. The first-order valence-corrected chi connectivity index (χ1v) is 25.2. The summed E-state index contributed by atoms with van der Waals surface area (Å²) in [6.45, 7) is 33.1. The number of hydrogen-bond donors (Lipinski definition) is 0. The van der Waals surface area contributed by atoms with Crippen LogP contribution in [-0.2, 0) is 48.1 Å².